The van der Waals surface area contributed by atoms with Crippen LogP contribution < -0.4 is 19.3 Å². The molecular weight excluding hydrogens is 668 g/mol. The van der Waals surface area contributed by atoms with E-state index < -0.39 is 81.5 Å². The predicted octanol–water partition coefficient (Wildman–Crippen LogP) is 4.41. The molecule has 0 amide bonds. The normalized spacial score (nSPS) is 35.6. The van der Waals surface area contributed by atoms with Gasteiger partial charge in [0.05, 0.1) is 38.4 Å². The van der Waals surface area contributed by atoms with Gasteiger partial charge in [0.1, 0.15) is 33.2 Å². The molecule has 0 radical (unpaired) electrons. The van der Waals surface area contributed by atoms with Crippen molar-refractivity contribution in [3.63, 3.8) is 0 Å². The van der Waals surface area contributed by atoms with Crippen LogP contribution in [0.4, 0.5) is 11.4 Å². The molecule has 0 unspecified atom stereocenters. The molecule has 2 saturated carbocycles. The Morgan fingerprint density at radius 3 is 0.962 bits per heavy atom. The fourth-order valence-corrected chi connectivity index (χ4v) is 12.1. The summed E-state index contributed by atoms with van der Waals surface area (Å²) in [5.41, 5.74) is -6.85. The van der Waals surface area contributed by atoms with Crippen molar-refractivity contribution in [1.29, 1.82) is 0 Å². The Bertz CT molecular complexity index is 1920. The molecule has 4 aliphatic heterocycles. The Hall–Kier alpha value is -6.04. The van der Waals surface area contributed by atoms with Gasteiger partial charge in [-0.3, -0.25) is 19.2 Å². The van der Waals surface area contributed by atoms with Gasteiger partial charge < -0.3 is 39.7 Å². The third-order valence-electron chi connectivity index (χ3n) is 13.1. The summed E-state index contributed by atoms with van der Waals surface area (Å²) in [5, 5.41) is 47.3. The van der Waals surface area contributed by atoms with E-state index in [4.69, 9.17) is 9.47 Å². The summed E-state index contributed by atoms with van der Waals surface area (Å²) in [6.07, 6.45) is 0. The summed E-state index contributed by atoms with van der Waals surface area (Å²) >= 11 is 0. The highest BCUT2D eigenvalue weighted by Gasteiger charge is 3.06. The highest BCUT2D eigenvalue weighted by Crippen LogP contribution is 2.92. The Balaban J connectivity index is 1.49. The van der Waals surface area contributed by atoms with E-state index in [9.17, 15) is 39.6 Å². The molecule has 4 aromatic rings. The van der Waals surface area contributed by atoms with Crippen LogP contribution in [0.2, 0.25) is 0 Å². The first-order valence-electron chi connectivity index (χ1n) is 16.9. The Morgan fingerprint density at radius 1 is 0.462 bits per heavy atom. The fourth-order valence-electron chi connectivity index (χ4n) is 12.1. The Morgan fingerprint density at radius 2 is 0.731 bits per heavy atom. The average Bonchev–Trinajstić information content (AvgIpc) is 3.13. The van der Waals surface area contributed by atoms with E-state index in [0.717, 1.165) is 0 Å². The number of carboxylic acids is 4. The number of methoxy groups -OCH3 is 2. The van der Waals surface area contributed by atoms with Crippen LogP contribution in [0.15, 0.2) is 109 Å². The van der Waals surface area contributed by atoms with E-state index in [1.165, 1.54) is 14.2 Å². The molecule has 0 spiro atoms. The number of carboxylic acid groups (broad SMARTS) is 4. The molecule has 0 atom stereocenters. The third kappa shape index (κ3) is 3.09. The maximum atomic E-state index is 14.5. The lowest BCUT2D eigenvalue weighted by molar-refractivity contribution is -0.336. The van der Waals surface area contributed by atoms with Crippen molar-refractivity contribution in [1.82, 2.24) is 0 Å². The number of rotatable bonds is 10. The summed E-state index contributed by atoms with van der Waals surface area (Å²) in [5.74, 6) is -7.18. The minimum atomic E-state index is -2.07. The first-order valence-corrected chi connectivity index (χ1v) is 16.9. The van der Waals surface area contributed by atoms with Crippen molar-refractivity contribution >= 4 is 35.3 Å². The van der Waals surface area contributed by atoms with Gasteiger partial charge >= 0.3 is 23.9 Å². The van der Waals surface area contributed by atoms with E-state index >= 15 is 0 Å². The van der Waals surface area contributed by atoms with Gasteiger partial charge in [0.15, 0.2) is 0 Å². The molecule has 6 fully saturated rings. The summed E-state index contributed by atoms with van der Waals surface area (Å²) in [6, 6.07) is 24.3. The lowest BCUT2D eigenvalue weighted by atomic mass is 9.15. The van der Waals surface area contributed by atoms with E-state index in [-0.39, 0.29) is 0 Å². The zero-order chi connectivity index (χ0) is 36.5. The summed E-state index contributed by atoms with van der Waals surface area (Å²) in [6.45, 7) is 0. The van der Waals surface area contributed by atoms with Crippen LogP contribution >= 0.6 is 0 Å². The number of benzene rings is 4. The highest BCUT2D eigenvalue weighted by atomic mass is 16.5. The van der Waals surface area contributed by atoms with E-state index in [1.54, 1.807) is 119 Å². The lowest BCUT2D eigenvalue weighted by Crippen LogP contribution is -3.10. The molecule has 4 saturated heterocycles. The molecule has 4 N–H and O–H groups in total. The third-order valence-corrected chi connectivity index (χ3v) is 13.1. The lowest BCUT2D eigenvalue weighted by Gasteiger charge is -2.94. The smallest absolute Gasteiger partial charge is 0.314 e. The standard InChI is InChI=1S/C40H34N2O10/c1-51-25-17-13-21(14-18-25)27-37(33(43)44)29-39(35(47)48)28(22-15-19-26(52-2)20-16-22)40(36(49)50)30(41(29)23-9-5-3-6-10-23)38(27,34(45)46)32(40)42(31(37)39)24-11-7-4-8-12-24/h3-20,27-32H,1-2H3,(H,43,44)(H,45,46)(H,47,48)(H,49,50). The van der Waals surface area contributed by atoms with Gasteiger partial charge in [0.25, 0.3) is 0 Å². The van der Waals surface area contributed by atoms with Crippen LogP contribution in [0.5, 0.6) is 11.5 Å². The predicted molar refractivity (Wildman–Crippen MR) is 185 cm³/mol. The average molecular weight is 703 g/mol. The zero-order valence-corrected chi connectivity index (χ0v) is 28.0. The minimum absolute atomic E-state index is 0.358. The van der Waals surface area contributed by atoms with E-state index in [2.05, 4.69) is 0 Å². The molecule has 4 heterocycles. The number of aliphatic carboxylic acids is 4. The second-order valence-corrected chi connectivity index (χ2v) is 14.5. The van der Waals surface area contributed by atoms with Gasteiger partial charge in [0, 0.05) is 23.2 Å². The molecule has 264 valence electrons. The van der Waals surface area contributed by atoms with Gasteiger partial charge in [-0.05, 0) is 59.7 Å². The number of anilines is 2. The van der Waals surface area contributed by atoms with Crippen LogP contribution in [0, 0.1) is 21.7 Å². The van der Waals surface area contributed by atoms with Crippen LogP contribution in [0.3, 0.4) is 0 Å². The minimum Gasteiger partial charge on any atom is -0.497 e. The van der Waals surface area contributed by atoms with Crippen LogP contribution in [0.1, 0.15) is 23.0 Å². The van der Waals surface area contributed by atoms with Crippen molar-refractivity contribution in [3.05, 3.63) is 120 Å². The molecule has 2 aliphatic carbocycles. The quantitative estimate of drug-likeness (QED) is 0.184. The van der Waals surface area contributed by atoms with Gasteiger partial charge in [0.2, 0.25) is 0 Å². The molecule has 4 aromatic carbocycles. The largest absolute Gasteiger partial charge is 0.497 e. The molecule has 10 rings (SSSR count). The molecule has 12 nitrogen and oxygen atoms in total. The Kier molecular flexibility index (Phi) is 6.30. The molecule has 8 bridgehead atoms. The maximum Gasteiger partial charge on any atom is 0.314 e. The van der Waals surface area contributed by atoms with Crippen molar-refractivity contribution in [2.75, 3.05) is 24.0 Å². The second kappa shape index (κ2) is 10.3. The maximum absolute atomic E-state index is 14.5. The monoisotopic (exact) mass is 702 g/mol. The van der Waals surface area contributed by atoms with Crippen molar-refractivity contribution in [2.24, 2.45) is 21.7 Å². The second-order valence-electron chi connectivity index (χ2n) is 14.5. The first-order chi connectivity index (χ1) is 25.0. The van der Waals surface area contributed by atoms with E-state index in [0.29, 0.717) is 34.0 Å². The molecule has 0 aromatic heterocycles. The molecular formula is C40H34N2O10. The van der Waals surface area contributed by atoms with Crippen molar-refractivity contribution in [3.8, 4) is 11.5 Å². The first kappa shape index (κ1) is 31.9. The number of hydrogen-bond acceptors (Lipinski definition) is 8. The topological polar surface area (TPSA) is 174 Å². The van der Waals surface area contributed by atoms with Gasteiger partial charge in [-0.25, -0.2) is 0 Å². The summed E-state index contributed by atoms with van der Waals surface area (Å²) in [4.78, 5) is 61.3. The van der Waals surface area contributed by atoms with Gasteiger partial charge in [-0.15, -0.1) is 0 Å². The Labute approximate surface area is 297 Å². The van der Waals surface area contributed by atoms with Crippen LogP contribution in [-0.4, -0.2) is 82.7 Å². The number of ether oxygens (including phenoxy) is 2. The van der Waals surface area contributed by atoms with Crippen LogP contribution in [0.25, 0.3) is 0 Å². The summed E-state index contributed by atoms with van der Waals surface area (Å²) < 4.78 is 10.8. The SMILES string of the molecule is COc1ccc(C2C3(C(=O)O)C4N(c5ccccc5)C5C2(C(=O)O)C2N(c6ccccc6)C3C4(C(=O)O)C(c3ccc(OC)cc3)C52C(=O)O)cc1. The number of nitrogens with zero attached hydrogens (tertiary/aromatic N) is 2. The number of para-hydroxylation sites is 2. The number of hydrogen-bond donors (Lipinski definition) is 4. The fraction of sp³-hybridized carbons (Fsp3) is 0.300. The molecule has 6 aliphatic rings. The zero-order valence-electron chi connectivity index (χ0n) is 28.0. The highest BCUT2D eigenvalue weighted by molar-refractivity contribution is 6.06. The molecule has 12 heteroatoms. The van der Waals surface area contributed by atoms with Crippen LogP contribution in [-0.2, 0) is 19.2 Å². The number of carbonyl (C=O) groups is 4. The van der Waals surface area contributed by atoms with Crippen molar-refractivity contribution < 1.29 is 49.1 Å². The van der Waals surface area contributed by atoms with Gasteiger partial charge in [-0.2, -0.15) is 0 Å². The number of piperidine rings is 4. The summed E-state index contributed by atoms with van der Waals surface area (Å²) in [7, 11) is 2.95. The van der Waals surface area contributed by atoms with Crippen molar-refractivity contribution in [2.45, 2.75) is 36.0 Å². The van der Waals surface area contributed by atoms with E-state index in [1.807, 2.05) is 0 Å². The molecule has 52 heavy (non-hydrogen) atoms. The van der Waals surface area contributed by atoms with Gasteiger partial charge in [-0.1, -0.05) is 60.7 Å².